The second kappa shape index (κ2) is 7.53. The molecule has 2 amide bonds. The highest BCUT2D eigenvalue weighted by Gasteiger charge is 2.31. The van der Waals surface area contributed by atoms with Gasteiger partial charge in [-0.2, -0.15) is 0 Å². The minimum Gasteiger partial charge on any atom is -0.486 e. The van der Waals surface area contributed by atoms with Crippen molar-refractivity contribution in [3.63, 3.8) is 0 Å². The maximum absolute atomic E-state index is 12.9. The number of ether oxygens (including phenoxy) is 2. The standard InChI is InChI=1S/C17H23N3O4/c18-6-7-19-16(21)12-3-2-8-20(11-12)17(22)13-4-1-5-14-15(13)24-10-9-23-14/h1,4-5,12H,2-3,6-11,18H2,(H,19,21). The first-order valence-corrected chi connectivity index (χ1v) is 8.36. The van der Waals surface area contributed by atoms with Crippen LogP contribution in [0.1, 0.15) is 23.2 Å². The number of piperidine rings is 1. The summed E-state index contributed by atoms with van der Waals surface area (Å²) in [5.41, 5.74) is 5.91. The summed E-state index contributed by atoms with van der Waals surface area (Å²) in [5, 5.41) is 2.80. The maximum atomic E-state index is 12.9. The van der Waals surface area contributed by atoms with Crippen molar-refractivity contribution in [2.24, 2.45) is 11.7 Å². The zero-order valence-electron chi connectivity index (χ0n) is 13.6. The molecule has 0 radical (unpaired) electrons. The molecular formula is C17H23N3O4. The molecule has 1 atom stereocenters. The van der Waals surface area contributed by atoms with Crippen molar-refractivity contribution in [1.82, 2.24) is 10.2 Å². The van der Waals surface area contributed by atoms with E-state index < -0.39 is 0 Å². The fourth-order valence-corrected chi connectivity index (χ4v) is 3.13. The molecule has 1 aromatic rings. The molecule has 1 fully saturated rings. The number of rotatable bonds is 4. The monoisotopic (exact) mass is 333 g/mol. The summed E-state index contributed by atoms with van der Waals surface area (Å²) in [4.78, 5) is 26.8. The van der Waals surface area contributed by atoms with Crippen LogP contribution in [-0.4, -0.2) is 56.1 Å². The van der Waals surface area contributed by atoms with Crippen molar-refractivity contribution < 1.29 is 19.1 Å². The van der Waals surface area contributed by atoms with Crippen molar-refractivity contribution in [2.75, 3.05) is 39.4 Å². The van der Waals surface area contributed by atoms with Crippen LogP contribution in [-0.2, 0) is 4.79 Å². The van der Waals surface area contributed by atoms with Crippen LogP contribution >= 0.6 is 0 Å². The second-order valence-electron chi connectivity index (χ2n) is 6.00. The van der Waals surface area contributed by atoms with Crippen LogP contribution in [0.25, 0.3) is 0 Å². The smallest absolute Gasteiger partial charge is 0.257 e. The number of benzene rings is 1. The van der Waals surface area contributed by atoms with Crippen LogP contribution < -0.4 is 20.5 Å². The van der Waals surface area contributed by atoms with Gasteiger partial charge in [-0.05, 0) is 25.0 Å². The molecule has 0 aliphatic carbocycles. The lowest BCUT2D eigenvalue weighted by atomic mass is 9.96. The van der Waals surface area contributed by atoms with E-state index in [0.717, 1.165) is 12.8 Å². The first kappa shape index (κ1) is 16.6. The Bertz CT molecular complexity index is 620. The van der Waals surface area contributed by atoms with Gasteiger partial charge >= 0.3 is 0 Å². The van der Waals surface area contributed by atoms with Crippen LogP contribution in [0.4, 0.5) is 0 Å². The second-order valence-corrected chi connectivity index (χ2v) is 6.00. The molecule has 2 heterocycles. The van der Waals surface area contributed by atoms with Gasteiger partial charge in [0.1, 0.15) is 13.2 Å². The Morgan fingerprint density at radius 3 is 2.96 bits per heavy atom. The van der Waals surface area contributed by atoms with E-state index in [1.165, 1.54) is 0 Å². The Morgan fingerprint density at radius 2 is 2.12 bits per heavy atom. The molecule has 3 N–H and O–H groups in total. The molecule has 3 rings (SSSR count). The third-order valence-electron chi connectivity index (χ3n) is 4.32. The topological polar surface area (TPSA) is 93.9 Å². The molecule has 7 nitrogen and oxygen atoms in total. The maximum Gasteiger partial charge on any atom is 0.257 e. The number of carbonyl (C=O) groups excluding carboxylic acids is 2. The highest BCUT2D eigenvalue weighted by atomic mass is 16.6. The lowest BCUT2D eigenvalue weighted by Crippen LogP contribution is -2.46. The van der Waals surface area contributed by atoms with Gasteiger partial charge in [0.15, 0.2) is 11.5 Å². The van der Waals surface area contributed by atoms with E-state index >= 15 is 0 Å². The van der Waals surface area contributed by atoms with Gasteiger partial charge in [-0.15, -0.1) is 0 Å². The zero-order valence-corrected chi connectivity index (χ0v) is 13.6. The van der Waals surface area contributed by atoms with Gasteiger partial charge in [-0.1, -0.05) is 6.07 Å². The minimum atomic E-state index is -0.189. The molecule has 0 saturated carbocycles. The Balaban J connectivity index is 1.72. The fraction of sp³-hybridized carbons (Fsp3) is 0.529. The van der Waals surface area contributed by atoms with Crippen LogP contribution in [0.3, 0.4) is 0 Å². The summed E-state index contributed by atoms with van der Waals surface area (Å²) in [5.74, 6) is 0.761. The third-order valence-corrected chi connectivity index (χ3v) is 4.32. The van der Waals surface area contributed by atoms with E-state index in [-0.39, 0.29) is 17.7 Å². The molecule has 1 saturated heterocycles. The highest BCUT2D eigenvalue weighted by Crippen LogP contribution is 2.34. The van der Waals surface area contributed by atoms with Crippen LogP contribution in [0.2, 0.25) is 0 Å². The summed E-state index contributed by atoms with van der Waals surface area (Å²) < 4.78 is 11.2. The molecular weight excluding hydrogens is 310 g/mol. The van der Waals surface area contributed by atoms with Crippen LogP contribution in [0.15, 0.2) is 18.2 Å². The first-order valence-electron chi connectivity index (χ1n) is 8.36. The van der Waals surface area contributed by atoms with E-state index in [2.05, 4.69) is 5.32 Å². The van der Waals surface area contributed by atoms with Crippen molar-refractivity contribution in [1.29, 1.82) is 0 Å². The predicted octanol–water partition coefficient (Wildman–Crippen LogP) is 0.385. The number of fused-ring (bicyclic) bond motifs is 1. The summed E-state index contributed by atoms with van der Waals surface area (Å²) >= 11 is 0. The molecule has 2 aliphatic rings. The van der Waals surface area contributed by atoms with Crippen LogP contribution in [0.5, 0.6) is 11.5 Å². The zero-order chi connectivity index (χ0) is 16.9. The number of hydrogen-bond donors (Lipinski definition) is 2. The fourth-order valence-electron chi connectivity index (χ4n) is 3.13. The Morgan fingerprint density at radius 1 is 1.29 bits per heavy atom. The Hall–Kier alpha value is -2.28. The summed E-state index contributed by atoms with van der Waals surface area (Å²) in [6.45, 7) is 2.85. The average molecular weight is 333 g/mol. The predicted molar refractivity (Wildman–Crippen MR) is 88.1 cm³/mol. The molecule has 1 unspecified atom stereocenters. The molecule has 24 heavy (non-hydrogen) atoms. The van der Waals surface area contributed by atoms with Crippen molar-refractivity contribution in [2.45, 2.75) is 12.8 Å². The number of nitrogens with one attached hydrogen (secondary N) is 1. The van der Waals surface area contributed by atoms with Crippen LogP contribution in [0, 0.1) is 5.92 Å². The highest BCUT2D eigenvalue weighted by molar-refractivity contribution is 5.98. The molecule has 0 bridgehead atoms. The third kappa shape index (κ3) is 3.46. The van der Waals surface area contributed by atoms with E-state index in [9.17, 15) is 9.59 Å². The Labute approximate surface area is 141 Å². The Kier molecular flexibility index (Phi) is 5.20. The van der Waals surface area contributed by atoms with Gasteiger partial charge in [-0.3, -0.25) is 9.59 Å². The van der Waals surface area contributed by atoms with Gasteiger partial charge in [0, 0.05) is 26.2 Å². The number of amides is 2. The van der Waals surface area contributed by atoms with Gasteiger partial charge < -0.3 is 25.4 Å². The molecule has 1 aromatic carbocycles. The first-order chi connectivity index (χ1) is 11.7. The lowest BCUT2D eigenvalue weighted by Gasteiger charge is -2.33. The number of hydrogen-bond acceptors (Lipinski definition) is 5. The van der Waals surface area contributed by atoms with E-state index in [1.807, 2.05) is 0 Å². The number of nitrogens with zero attached hydrogens (tertiary/aromatic N) is 1. The molecule has 7 heteroatoms. The molecule has 0 aromatic heterocycles. The number of likely N-dealkylation sites (tertiary alicyclic amines) is 1. The van der Waals surface area contributed by atoms with E-state index in [0.29, 0.717) is 56.5 Å². The SMILES string of the molecule is NCCNC(=O)C1CCCN(C(=O)c2cccc3c2OCCO3)C1. The molecule has 0 spiro atoms. The van der Waals surface area contributed by atoms with Gasteiger partial charge in [0.2, 0.25) is 5.91 Å². The average Bonchev–Trinajstić information content (AvgIpc) is 2.65. The molecule has 2 aliphatic heterocycles. The summed E-state index contributed by atoms with van der Waals surface area (Å²) in [7, 11) is 0. The summed E-state index contributed by atoms with van der Waals surface area (Å²) in [6.07, 6.45) is 1.59. The molecule has 130 valence electrons. The van der Waals surface area contributed by atoms with Crippen molar-refractivity contribution in [3.05, 3.63) is 23.8 Å². The van der Waals surface area contributed by atoms with Crippen molar-refractivity contribution in [3.8, 4) is 11.5 Å². The van der Waals surface area contributed by atoms with Gasteiger partial charge in [0.05, 0.1) is 11.5 Å². The van der Waals surface area contributed by atoms with Crippen molar-refractivity contribution >= 4 is 11.8 Å². The number of carbonyl (C=O) groups is 2. The van der Waals surface area contributed by atoms with Gasteiger partial charge in [-0.25, -0.2) is 0 Å². The lowest BCUT2D eigenvalue weighted by molar-refractivity contribution is -0.126. The largest absolute Gasteiger partial charge is 0.486 e. The van der Waals surface area contributed by atoms with Gasteiger partial charge in [0.25, 0.3) is 5.91 Å². The number of para-hydroxylation sites is 1. The van der Waals surface area contributed by atoms with E-state index in [1.54, 1.807) is 23.1 Å². The normalized spacial score (nSPS) is 19.7. The van der Waals surface area contributed by atoms with E-state index in [4.69, 9.17) is 15.2 Å². The minimum absolute atomic E-state index is 0.0346. The summed E-state index contributed by atoms with van der Waals surface area (Å²) in [6, 6.07) is 5.33. The number of nitrogens with two attached hydrogens (primary N) is 1. The quantitative estimate of drug-likeness (QED) is 0.831.